The van der Waals surface area contributed by atoms with Crippen LogP contribution in [-0.4, -0.2) is 30.8 Å². The summed E-state index contributed by atoms with van der Waals surface area (Å²) in [6.45, 7) is 0. The van der Waals surface area contributed by atoms with E-state index in [0.29, 0.717) is 5.95 Å². The minimum Gasteiger partial charge on any atom is -0.478 e. The summed E-state index contributed by atoms with van der Waals surface area (Å²) in [5.74, 6) is -0.506. The van der Waals surface area contributed by atoms with E-state index in [0.717, 1.165) is 29.6 Å². The van der Waals surface area contributed by atoms with Crippen molar-refractivity contribution in [1.29, 1.82) is 0 Å². The SMILES string of the molecule is O=C(O)c1ccc(Nc2ncc3cnn([C@@H]4CCc5ccccc54)c3n2)cc1. The maximum atomic E-state index is 11.0. The number of carboxylic acids is 1. The van der Waals surface area contributed by atoms with Crippen LogP contribution in [0.15, 0.2) is 60.9 Å². The lowest BCUT2D eigenvalue weighted by molar-refractivity contribution is 0.0697. The Kier molecular flexibility index (Phi) is 3.79. The van der Waals surface area contributed by atoms with Crippen LogP contribution in [0.25, 0.3) is 11.0 Å². The van der Waals surface area contributed by atoms with Gasteiger partial charge in [0.2, 0.25) is 5.95 Å². The topological polar surface area (TPSA) is 92.9 Å². The molecule has 138 valence electrons. The molecule has 28 heavy (non-hydrogen) atoms. The highest BCUT2D eigenvalue weighted by molar-refractivity contribution is 5.88. The predicted molar refractivity (Wildman–Crippen MR) is 105 cm³/mol. The van der Waals surface area contributed by atoms with Gasteiger partial charge in [-0.25, -0.2) is 14.5 Å². The largest absolute Gasteiger partial charge is 0.478 e. The van der Waals surface area contributed by atoms with Crippen molar-refractivity contribution in [1.82, 2.24) is 19.7 Å². The first kappa shape index (κ1) is 16.4. The fourth-order valence-electron chi connectivity index (χ4n) is 3.74. The summed E-state index contributed by atoms with van der Waals surface area (Å²) in [7, 11) is 0. The second-order valence-corrected chi connectivity index (χ2v) is 6.82. The van der Waals surface area contributed by atoms with Crippen molar-refractivity contribution in [3.8, 4) is 0 Å². The van der Waals surface area contributed by atoms with Crippen molar-refractivity contribution in [2.75, 3.05) is 5.32 Å². The molecule has 7 nitrogen and oxygen atoms in total. The normalized spacial score (nSPS) is 15.5. The van der Waals surface area contributed by atoms with Gasteiger partial charge >= 0.3 is 5.97 Å². The fourth-order valence-corrected chi connectivity index (χ4v) is 3.74. The lowest BCUT2D eigenvalue weighted by atomic mass is 10.1. The third-order valence-electron chi connectivity index (χ3n) is 5.12. The van der Waals surface area contributed by atoms with Crippen molar-refractivity contribution < 1.29 is 9.90 Å². The smallest absolute Gasteiger partial charge is 0.335 e. The first-order valence-corrected chi connectivity index (χ1v) is 9.07. The number of carboxylic acid groups (broad SMARTS) is 1. The molecule has 0 amide bonds. The molecule has 5 rings (SSSR count). The molecule has 0 spiro atoms. The summed E-state index contributed by atoms with van der Waals surface area (Å²) >= 11 is 0. The highest BCUT2D eigenvalue weighted by Crippen LogP contribution is 2.35. The van der Waals surface area contributed by atoms with Crippen LogP contribution in [0.4, 0.5) is 11.6 Å². The van der Waals surface area contributed by atoms with Gasteiger partial charge in [-0.1, -0.05) is 24.3 Å². The van der Waals surface area contributed by atoms with Crippen molar-refractivity contribution >= 4 is 28.6 Å². The molecule has 4 aromatic rings. The quantitative estimate of drug-likeness (QED) is 0.567. The molecule has 0 saturated heterocycles. The van der Waals surface area contributed by atoms with Gasteiger partial charge < -0.3 is 10.4 Å². The van der Waals surface area contributed by atoms with Gasteiger partial charge in [-0.2, -0.15) is 10.1 Å². The number of fused-ring (bicyclic) bond motifs is 2. The van der Waals surface area contributed by atoms with E-state index in [-0.39, 0.29) is 11.6 Å². The molecule has 2 aromatic heterocycles. The number of benzene rings is 2. The van der Waals surface area contributed by atoms with E-state index in [9.17, 15) is 4.79 Å². The van der Waals surface area contributed by atoms with Crippen molar-refractivity contribution in [3.63, 3.8) is 0 Å². The van der Waals surface area contributed by atoms with E-state index in [4.69, 9.17) is 5.11 Å². The van der Waals surface area contributed by atoms with Gasteiger partial charge in [-0.3, -0.25) is 0 Å². The Labute approximate surface area is 160 Å². The van der Waals surface area contributed by atoms with Gasteiger partial charge in [0, 0.05) is 11.9 Å². The lowest BCUT2D eigenvalue weighted by Gasteiger charge is -2.13. The Hall–Kier alpha value is -3.74. The molecule has 1 atom stereocenters. The van der Waals surface area contributed by atoms with Gasteiger partial charge in [0.05, 0.1) is 23.2 Å². The summed E-state index contributed by atoms with van der Waals surface area (Å²) in [6, 6.07) is 15.1. The van der Waals surface area contributed by atoms with Gasteiger partial charge in [-0.05, 0) is 48.2 Å². The Morgan fingerprint density at radius 1 is 1.11 bits per heavy atom. The number of hydrogen-bond donors (Lipinski definition) is 2. The zero-order chi connectivity index (χ0) is 19.1. The van der Waals surface area contributed by atoms with Gasteiger partial charge in [0.15, 0.2) is 5.65 Å². The number of nitrogens with zero attached hydrogens (tertiary/aromatic N) is 4. The summed E-state index contributed by atoms with van der Waals surface area (Å²) in [6.07, 6.45) is 5.58. The number of rotatable bonds is 4. The molecule has 7 heteroatoms. The Bertz CT molecular complexity index is 1180. The highest BCUT2D eigenvalue weighted by Gasteiger charge is 2.26. The van der Waals surface area contributed by atoms with Crippen molar-refractivity contribution in [3.05, 3.63) is 77.6 Å². The number of carbonyl (C=O) groups is 1. The summed E-state index contributed by atoms with van der Waals surface area (Å²) in [4.78, 5) is 20.0. The minimum absolute atomic E-state index is 0.173. The molecule has 1 aliphatic rings. The molecule has 0 saturated carbocycles. The zero-order valence-electron chi connectivity index (χ0n) is 14.9. The summed E-state index contributed by atoms with van der Waals surface area (Å²) < 4.78 is 1.97. The van der Waals surface area contributed by atoms with E-state index in [1.165, 1.54) is 11.1 Å². The standard InChI is InChI=1S/C21H17N5O2/c27-20(28)14-5-8-16(9-6-14)24-21-22-11-15-12-23-26(19(15)25-21)18-10-7-13-3-1-2-4-17(13)18/h1-6,8-9,11-12,18H,7,10H2,(H,27,28)(H,22,24,25)/t18-/m1/s1. The maximum Gasteiger partial charge on any atom is 0.335 e. The monoisotopic (exact) mass is 371 g/mol. The van der Waals surface area contributed by atoms with Gasteiger partial charge in [0.25, 0.3) is 0 Å². The average Bonchev–Trinajstić information content (AvgIpc) is 3.32. The van der Waals surface area contributed by atoms with Crippen LogP contribution in [-0.2, 0) is 6.42 Å². The van der Waals surface area contributed by atoms with Crippen LogP contribution in [0.2, 0.25) is 0 Å². The highest BCUT2D eigenvalue weighted by atomic mass is 16.4. The van der Waals surface area contributed by atoms with E-state index in [1.807, 2.05) is 4.68 Å². The van der Waals surface area contributed by atoms with Gasteiger partial charge in [-0.15, -0.1) is 0 Å². The third-order valence-corrected chi connectivity index (χ3v) is 5.12. The van der Waals surface area contributed by atoms with Crippen molar-refractivity contribution in [2.24, 2.45) is 0 Å². The van der Waals surface area contributed by atoms with E-state index < -0.39 is 5.97 Å². The third kappa shape index (κ3) is 2.77. The second-order valence-electron chi connectivity index (χ2n) is 6.82. The van der Waals surface area contributed by atoms with Crippen molar-refractivity contribution in [2.45, 2.75) is 18.9 Å². The average molecular weight is 371 g/mol. The van der Waals surface area contributed by atoms with Crippen LogP contribution < -0.4 is 5.32 Å². The van der Waals surface area contributed by atoms with E-state index in [1.54, 1.807) is 36.7 Å². The number of aromatic nitrogens is 4. The number of hydrogen-bond acceptors (Lipinski definition) is 5. The van der Waals surface area contributed by atoms with Crippen LogP contribution >= 0.6 is 0 Å². The van der Waals surface area contributed by atoms with E-state index >= 15 is 0 Å². The van der Waals surface area contributed by atoms with Crippen LogP contribution in [0.5, 0.6) is 0 Å². The minimum atomic E-state index is -0.954. The molecule has 0 aliphatic heterocycles. The first-order chi connectivity index (χ1) is 13.7. The van der Waals surface area contributed by atoms with Crippen LogP contribution in [0, 0.1) is 0 Å². The molecule has 2 heterocycles. The molecule has 2 aromatic carbocycles. The van der Waals surface area contributed by atoms with Gasteiger partial charge in [0.1, 0.15) is 0 Å². The molecular formula is C21H17N5O2. The second kappa shape index (κ2) is 6.45. The predicted octanol–water partition coefficient (Wildman–Crippen LogP) is 3.80. The molecule has 0 bridgehead atoms. The summed E-state index contributed by atoms with van der Waals surface area (Å²) in [5, 5.41) is 17.6. The fraction of sp³-hybridized carbons (Fsp3) is 0.143. The molecule has 0 radical (unpaired) electrons. The zero-order valence-corrected chi connectivity index (χ0v) is 14.9. The van der Waals surface area contributed by atoms with Crippen LogP contribution in [0.3, 0.4) is 0 Å². The summed E-state index contributed by atoms with van der Waals surface area (Å²) in [5.41, 5.74) is 4.40. The molecular weight excluding hydrogens is 354 g/mol. The molecule has 0 unspecified atom stereocenters. The first-order valence-electron chi connectivity index (χ1n) is 9.07. The maximum absolute atomic E-state index is 11.0. The Morgan fingerprint density at radius 3 is 2.75 bits per heavy atom. The lowest BCUT2D eigenvalue weighted by Crippen LogP contribution is -2.10. The number of aryl methyl sites for hydroxylation is 1. The molecule has 0 fully saturated rings. The van der Waals surface area contributed by atoms with Crippen LogP contribution in [0.1, 0.15) is 33.9 Å². The molecule has 2 N–H and O–H groups in total. The number of nitrogens with one attached hydrogen (secondary N) is 1. The number of anilines is 2. The Balaban J connectivity index is 1.48. The Morgan fingerprint density at radius 2 is 1.93 bits per heavy atom. The number of aromatic carboxylic acids is 1. The van der Waals surface area contributed by atoms with E-state index in [2.05, 4.69) is 44.6 Å². The molecule has 1 aliphatic carbocycles.